The smallest absolute Gasteiger partial charge is 0.246 e. The Balaban J connectivity index is 0.00000363. The number of benzene rings is 2. The number of carbonyl (C=O) groups excluding carboxylic acids is 2. The Hall–Kier alpha value is -2.83. The predicted octanol–water partition coefficient (Wildman–Crippen LogP) is 3.02. The third-order valence-electron chi connectivity index (χ3n) is 4.57. The van der Waals surface area contributed by atoms with E-state index in [1.54, 1.807) is 4.90 Å². The maximum atomic E-state index is 13.7. The first kappa shape index (κ1) is 25.4. The Morgan fingerprint density at radius 3 is 2.53 bits per heavy atom. The number of anilines is 2. The quantitative estimate of drug-likeness (QED) is 0.219. The number of para-hydroxylation sites is 1. The van der Waals surface area contributed by atoms with E-state index in [1.807, 2.05) is 37.3 Å². The second-order valence-electron chi connectivity index (χ2n) is 6.85. The van der Waals surface area contributed by atoms with Crippen molar-refractivity contribution >= 4 is 53.1 Å². The molecule has 2 aromatic rings. The molecule has 2 amide bonds. The molecule has 1 aliphatic heterocycles. The molecular formula is C21H23F3IN5O2. The number of guanidine groups is 1. The van der Waals surface area contributed by atoms with Gasteiger partial charge in [-0.2, -0.15) is 0 Å². The molecule has 1 fully saturated rings. The van der Waals surface area contributed by atoms with E-state index in [2.05, 4.69) is 20.9 Å². The number of aliphatic imine (C=N–C) groups is 1. The van der Waals surface area contributed by atoms with Gasteiger partial charge in [0.2, 0.25) is 11.8 Å². The number of amides is 2. The first-order chi connectivity index (χ1) is 14.9. The van der Waals surface area contributed by atoms with Gasteiger partial charge in [-0.15, -0.1) is 24.0 Å². The number of nitrogens with one attached hydrogen (secondary N) is 3. The lowest BCUT2D eigenvalue weighted by molar-refractivity contribution is -0.117. The molecule has 0 aromatic heterocycles. The fourth-order valence-corrected chi connectivity index (χ4v) is 3.14. The van der Waals surface area contributed by atoms with Crippen LogP contribution in [0.2, 0.25) is 0 Å². The standard InChI is InChI=1S/C21H22F3N5O2.HI/c1-2-25-21(26-11-17(30)28-16-9-8-15(22)19(23)20(16)24)27-13-10-18(31)29(12-13)14-6-4-3-5-7-14;/h3-9,13H,2,10-12H2,1H3,(H,28,30)(H2,25,26,27);1H. The summed E-state index contributed by atoms with van der Waals surface area (Å²) in [5.74, 6) is -4.93. The third kappa shape index (κ3) is 6.34. The molecule has 3 N–H and O–H groups in total. The Labute approximate surface area is 200 Å². The van der Waals surface area contributed by atoms with Crippen molar-refractivity contribution in [3.05, 3.63) is 59.9 Å². The van der Waals surface area contributed by atoms with Gasteiger partial charge in [0.05, 0.1) is 11.7 Å². The van der Waals surface area contributed by atoms with Gasteiger partial charge in [0.15, 0.2) is 23.4 Å². The van der Waals surface area contributed by atoms with Crippen LogP contribution in [0.25, 0.3) is 0 Å². The Bertz CT molecular complexity index is 991. The zero-order valence-corrected chi connectivity index (χ0v) is 19.5. The highest BCUT2D eigenvalue weighted by Gasteiger charge is 2.31. The van der Waals surface area contributed by atoms with Crippen LogP contribution in [0.4, 0.5) is 24.5 Å². The molecule has 172 valence electrons. The molecule has 1 unspecified atom stereocenters. The van der Waals surface area contributed by atoms with Crippen molar-refractivity contribution in [3.63, 3.8) is 0 Å². The second-order valence-corrected chi connectivity index (χ2v) is 6.85. The molecule has 1 aliphatic rings. The van der Waals surface area contributed by atoms with Crippen LogP contribution in [0.5, 0.6) is 0 Å². The third-order valence-corrected chi connectivity index (χ3v) is 4.57. The van der Waals surface area contributed by atoms with Crippen molar-refractivity contribution in [2.45, 2.75) is 19.4 Å². The molecule has 0 radical (unpaired) electrons. The van der Waals surface area contributed by atoms with Crippen LogP contribution in [-0.4, -0.2) is 43.5 Å². The molecule has 2 aromatic carbocycles. The number of rotatable bonds is 6. The van der Waals surface area contributed by atoms with E-state index in [-0.39, 0.29) is 42.3 Å². The molecule has 11 heteroatoms. The summed E-state index contributed by atoms with van der Waals surface area (Å²) in [6.07, 6.45) is 0.256. The van der Waals surface area contributed by atoms with Crippen molar-refractivity contribution in [1.82, 2.24) is 10.6 Å². The topological polar surface area (TPSA) is 85.8 Å². The van der Waals surface area contributed by atoms with E-state index in [9.17, 15) is 22.8 Å². The summed E-state index contributed by atoms with van der Waals surface area (Å²) in [7, 11) is 0. The lowest BCUT2D eigenvalue weighted by Gasteiger charge is -2.19. The highest BCUT2D eigenvalue weighted by molar-refractivity contribution is 14.0. The summed E-state index contributed by atoms with van der Waals surface area (Å²) in [5, 5.41) is 8.24. The van der Waals surface area contributed by atoms with E-state index in [4.69, 9.17) is 0 Å². The van der Waals surface area contributed by atoms with Gasteiger partial charge in [0, 0.05) is 25.2 Å². The minimum absolute atomic E-state index is 0. The zero-order chi connectivity index (χ0) is 22.4. The fraction of sp³-hybridized carbons (Fsp3) is 0.286. The number of hydrogen-bond acceptors (Lipinski definition) is 3. The highest BCUT2D eigenvalue weighted by atomic mass is 127. The van der Waals surface area contributed by atoms with E-state index in [1.165, 1.54) is 0 Å². The molecule has 0 bridgehead atoms. The van der Waals surface area contributed by atoms with Crippen LogP contribution in [0.3, 0.4) is 0 Å². The lowest BCUT2D eigenvalue weighted by Crippen LogP contribution is -2.45. The molecule has 0 spiro atoms. The van der Waals surface area contributed by atoms with Gasteiger partial charge in [0.1, 0.15) is 6.54 Å². The van der Waals surface area contributed by atoms with Crippen molar-refractivity contribution in [1.29, 1.82) is 0 Å². The first-order valence-electron chi connectivity index (χ1n) is 9.72. The summed E-state index contributed by atoms with van der Waals surface area (Å²) in [6, 6.07) is 10.7. The van der Waals surface area contributed by atoms with Gasteiger partial charge in [-0.05, 0) is 31.2 Å². The SMILES string of the molecule is CCNC(=NCC(=O)Nc1ccc(F)c(F)c1F)NC1CC(=O)N(c2ccccc2)C1.I. The zero-order valence-electron chi connectivity index (χ0n) is 17.2. The molecular weight excluding hydrogens is 538 g/mol. The van der Waals surface area contributed by atoms with Crippen LogP contribution in [-0.2, 0) is 9.59 Å². The molecule has 32 heavy (non-hydrogen) atoms. The Kier molecular flexibility index (Phi) is 9.29. The van der Waals surface area contributed by atoms with Crippen molar-refractivity contribution in [2.24, 2.45) is 4.99 Å². The minimum Gasteiger partial charge on any atom is -0.357 e. The second kappa shape index (κ2) is 11.7. The highest BCUT2D eigenvalue weighted by Crippen LogP contribution is 2.21. The van der Waals surface area contributed by atoms with Crippen LogP contribution >= 0.6 is 24.0 Å². The van der Waals surface area contributed by atoms with Gasteiger partial charge in [-0.1, -0.05) is 18.2 Å². The van der Waals surface area contributed by atoms with Crippen molar-refractivity contribution in [3.8, 4) is 0 Å². The normalized spacial score (nSPS) is 15.9. The molecule has 1 atom stereocenters. The van der Waals surface area contributed by atoms with Crippen molar-refractivity contribution in [2.75, 3.05) is 29.9 Å². The van der Waals surface area contributed by atoms with Crippen LogP contribution in [0.15, 0.2) is 47.5 Å². The summed E-state index contributed by atoms with van der Waals surface area (Å²) in [4.78, 5) is 30.2. The van der Waals surface area contributed by atoms with Crippen LogP contribution in [0, 0.1) is 17.5 Å². The average Bonchev–Trinajstić information content (AvgIpc) is 3.13. The van der Waals surface area contributed by atoms with Gasteiger partial charge < -0.3 is 20.9 Å². The first-order valence-corrected chi connectivity index (χ1v) is 9.72. The maximum absolute atomic E-state index is 13.7. The van der Waals surface area contributed by atoms with Gasteiger partial charge in [-0.25, -0.2) is 18.2 Å². The lowest BCUT2D eigenvalue weighted by atomic mass is 10.2. The maximum Gasteiger partial charge on any atom is 0.246 e. The Morgan fingerprint density at radius 2 is 1.84 bits per heavy atom. The number of hydrogen-bond donors (Lipinski definition) is 3. The van der Waals surface area contributed by atoms with E-state index in [0.717, 1.165) is 17.8 Å². The van der Waals surface area contributed by atoms with Crippen molar-refractivity contribution < 1.29 is 22.8 Å². The van der Waals surface area contributed by atoms with E-state index < -0.39 is 35.6 Å². The predicted molar refractivity (Wildman–Crippen MR) is 127 cm³/mol. The molecule has 0 aliphatic carbocycles. The fourth-order valence-electron chi connectivity index (χ4n) is 3.14. The largest absolute Gasteiger partial charge is 0.357 e. The number of carbonyl (C=O) groups is 2. The minimum atomic E-state index is -1.66. The molecule has 1 saturated heterocycles. The number of halogens is 4. The molecule has 1 heterocycles. The number of nitrogens with zero attached hydrogens (tertiary/aromatic N) is 2. The van der Waals surface area contributed by atoms with E-state index in [0.29, 0.717) is 19.0 Å². The molecule has 0 saturated carbocycles. The summed E-state index contributed by atoms with van der Waals surface area (Å²) in [6.45, 7) is 2.38. The summed E-state index contributed by atoms with van der Waals surface area (Å²) in [5.41, 5.74) is 0.323. The van der Waals surface area contributed by atoms with E-state index >= 15 is 0 Å². The molecule has 3 rings (SSSR count). The van der Waals surface area contributed by atoms with Gasteiger partial charge in [0.25, 0.3) is 0 Å². The monoisotopic (exact) mass is 561 g/mol. The van der Waals surface area contributed by atoms with Gasteiger partial charge >= 0.3 is 0 Å². The summed E-state index contributed by atoms with van der Waals surface area (Å²) < 4.78 is 40.0. The molecule has 7 nitrogen and oxygen atoms in total. The van der Waals surface area contributed by atoms with Crippen LogP contribution < -0.4 is 20.9 Å². The van der Waals surface area contributed by atoms with Gasteiger partial charge in [-0.3, -0.25) is 9.59 Å². The average molecular weight is 561 g/mol. The Morgan fingerprint density at radius 1 is 1.12 bits per heavy atom. The summed E-state index contributed by atoms with van der Waals surface area (Å²) >= 11 is 0. The van der Waals surface area contributed by atoms with Crippen LogP contribution in [0.1, 0.15) is 13.3 Å².